The van der Waals surface area contributed by atoms with Gasteiger partial charge in [-0.1, -0.05) is 6.92 Å². The van der Waals surface area contributed by atoms with E-state index in [1.807, 2.05) is 6.92 Å². The van der Waals surface area contributed by atoms with Gasteiger partial charge in [0.1, 0.15) is 5.76 Å². The Morgan fingerprint density at radius 2 is 2.42 bits per heavy atom. The third-order valence-corrected chi connectivity index (χ3v) is 2.48. The van der Waals surface area contributed by atoms with Crippen molar-refractivity contribution in [2.45, 2.75) is 19.8 Å². The van der Waals surface area contributed by atoms with E-state index in [9.17, 15) is 4.79 Å². The van der Waals surface area contributed by atoms with Gasteiger partial charge in [0.15, 0.2) is 11.0 Å². The van der Waals surface area contributed by atoms with Crippen molar-refractivity contribution in [1.82, 2.24) is 0 Å². The second-order valence-electron chi connectivity index (χ2n) is 3.19. The summed E-state index contributed by atoms with van der Waals surface area (Å²) in [6.07, 6.45) is 1.70. The number of rotatable bonds is 0. The molecule has 1 atom stereocenters. The largest absolute Gasteiger partial charge is 0.449 e. The lowest BCUT2D eigenvalue weighted by Gasteiger charge is -2.14. The van der Waals surface area contributed by atoms with E-state index in [1.54, 1.807) is 6.07 Å². The summed E-state index contributed by atoms with van der Waals surface area (Å²) in [5.74, 6) is 1.03. The van der Waals surface area contributed by atoms with Crippen molar-refractivity contribution in [3.63, 3.8) is 0 Å². The molecule has 0 spiro atoms. The zero-order valence-electron chi connectivity index (χ0n) is 6.76. The van der Waals surface area contributed by atoms with Crippen molar-refractivity contribution in [3.8, 4) is 0 Å². The zero-order chi connectivity index (χ0) is 8.72. The maximum atomic E-state index is 11.5. The molecule has 0 fully saturated rings. The molecule has 1 aromatic rings. The van der Waals surface area contributed by atoms with Crippen LogP contribution in [0.1, 0.15) is 29.5 Å². The van der Waals surface area contributed by atoms with E-state index >= 15 is 0 Å². The van der Waals surface area contributed by atoms with Gasteiger partial charge in [0, 0.05) is 18.4 Å². The highest BCUT2D eigenvalue weighted by Crippen LogP contribution is 2.29. The number of Topliss-reactive ketones (excluding diaryl/α,β-unsaturated/α-hetero) is 1. The molecule has 1 aliphatic carbocycles. The molecule has 0 saturated heterocycles. The van der Waals surface area contributed by atoms with Gasteiger partial charge in [-0.2, -0.15) is 0 Å². The van der Waals surface area contributed by atoms with Gasteiger partial charge >= 0.3 is 0 Å². The van der Waals surface area contributed by atoms with Crippen molar-refractivity contribution in [1.29, 1.82) is 0 Å². The van der Waals surface area contributed by atoms with E-state index < -0.39 is 0 Å². The number of fused-ring (bicyclic) bond motifs is 1. The van der Waals surface area contributed by atoms with Crippen molar-refractivity contribution >= 4 is 17.4 Å². The second kappa shape index (κ2) is 2.63. The molecule has 1 unspecified atom stereocenters. The van der Waals surface area contributed by atoms with Crippen LogP contribution in [0.3, 0.4) is 0 Å². The van der Waals surface area contributed by atoms with Crippen molar-refractivity contribution in [2.75, 3.05) is 0 Å². The fourth-order valence-electron chi connectivity index (χ4n) is 1.53. The lowest BCUT2D eigenvalue weighted by Crippen LogP contribution is -2.18. The number of carbonyl (C=O) groups excluding carboxylic acids is 1. The Morgan fingerprint density at radius 1 is 1.67 bits per heavy atom. The molecule has 0 amide bonds. The van der Waals surface area contributed by atoms with Crippen LogP contribution in [-0.2, 0) is 6.42 Å². The lowest BCUT2D eigenvalue weighted by atomic mass is 9.88. The van der Waals surface area contributed by atoms with Gasteiger partial charge in [-0.3, -0.25) is 4.79 Å². The molecule has 0 aromatic carbocycles. The minimum absolute atomic E-state index is 0.117. The SMILES string of the molecule is CC1CCc2oc(Cl)cc2C1=O. The highest BCUT2D eigenvalue weighted by molar-refractivity contribution is 6.29. The maximum absolute atomic E-state index is 11.5. The predicted molar refractivity (Wildman–Crippen MR) is 45.5 cm³/mol. The average molecular weight is 185 g/mol. The summed E-state index contributed by atoms with van der Waals surface area (Å²) < 4.78 is 5.17. The van der Waals surface area contributed by atoms with Crippen LogP contribution in [0.15, 0.2) is 10.5 Å². The maximum Gasteiger partial charge on any atom is 0.194 e. The molecule has 0 radical (unpaired) electrons. The summed E-state index contributed by atoms with van der Waals surface area (Å²) in [4.78, 5) is 11.5. The predicted octanol–water partition coefficient (Wildman–Crippen LogP) is 2.70. The number of aryl methyl sites for hydroxylation is 1. The fourth-order valence-corrected chi connectivity index (χ4v) is 1.74. The summed E-state index contributed by atoms with van der Waals surface area (Å²) in [5, 5.41) is 0.322. The van der Waals surface area contributed by atoms with E-state index in [1.165, 1.54) is 0 Å². The van der Waals surface area contributed by atoms with Gasteiger partial charge < -0.3 is 4.42 Å². The number of furan rings is 1. The molecular weight excluding hydrogens is 176 g/mol. The molecule has 1 aliphatic rings. The third-order valence-electron chi connectivity index (χ3n) is 2.30. The zero-order valence-corrected chi connectivity index (χ0v) is 7.52. The van der Waals surface area contributed by atoms with Gasteiger partial charge in [-0.05, 0) is 18.0 Å². The highest BCUT2D eigenvalue weighted by atomic mass is 35.5. The smallest absolute Gasteiger partial charge is 0.194 e. The Bertz CT molecular complexity index is 327. The van der Waals surface area contributed by atoms with Crippen LogP contribution in [0, 0.1) is 5.92 Å². The Morgan fingerprint density at radius 3 is 3.17 bits per heavy atom. The topological polar surface area (TPSA) is 30.2 Å². The van der Waals surface area contributed by atoms with Crippen molar-refractivity contribution in [3.05, 3.63) is 22.6 Å². The molecular formula is C9H9ClO2. The molecule has 0 N–H and O–H groups in total. The number of carbonyl (C=O) groups is 1. The normalized spacial score (nSPS) is 22.5. The standard InChI is InChI=1S/C9H9ClO2/c1-5-2-3-7-6(9(5)11)4-8(10)12-7/h4-5H,2-3H2,1H3. The van der Waals surface area contributed by atoms with E-state index in [0.29, 0.717) is 10.8 Å². The monoisotopic (exact) mass is 184 g/mol. The highest BCUT2D eigenvalue weighted by Gasteiger charge is 2.27. The summed E-state index contributed by atoms with van der Waals surface area (Å²) in [5.41, 5.74) is 0.679. The summed E-state index contributed by atoms with van der Waals surface area (Å²) in [6, 6.07) is 1.62. The van der Waals surface area contributed by atoms with Crippen LogP contribution < -0.4 is 0 Å². The molecule has 3 heteroatoms. The molecule has 12 heavy (non-hydrogen) atoms. The molecule has 1 aromatic heterocycles. The number of halogens is 1. The Labute approximate surface area is 75.5 Å². The molecule has 0 aliphatic heterocycles. The van der Waals surface area contributed by atoms with Crippen molar-refractivity contribution < 1.29 is 9.21 Å². The molecule has 2 rings (SSSR count). The molecule has 0 bridgehead atoms. The van der Waals surface area contributed by atoms with Crippen LogP contribution in [-0.4, -0.2) is 5.78 Å². The Balaban J connectivity index is 2.48. The minimum Gasteiger partial charge on any atom is -0.449 e. The first-order chi connectivity index (χ1) is 5.68. The van der Waals surface area contributed by atoms with Gasteiger partial charge in [0.25, 0.3) is 0 Å². The van der Waals surface area contributed by atoms with Crippen LogP contribution >= 0.6 is 11.6 Å². The summed E-state index contributed by atoms with van der Waals surface area (Å²) >= 11 is 5.64. The molecule has 0 saturated carbocycles. The molecule has 64 valence electrons. The van der Waals surface area contributed by atoms with Gasteiger partial charge in [0.2, 0.25) is 0 Å². The quantitative estimate of drug-likeness (QED) is 0.621. The van der Waals surface area contributed by atoms with Gasteiger partial charge in [-0.15, -0.1) is 0 Å². The Hall–Kier alpha value is -0.760. The lowest BCUT2D eigenvalue weighted by molar-refractivity contribution is 0.0909. The average Bonchev–Trinajstić information content (AvgIpc) is 2.39. The molecule has 1 heterocycles. The first-order valence-corrected chi connectivity index (χ1v) is 4.38. The van der Waals surface area contributed by atoms with E-state index in [2.05, 4.69) is 0 Å². The van der Waals surface area contributed by atoms with Gasteiger partial charge in [-0.25, -0.2) is 0 Å². The summed E-state index contributed by atoms with van der Waals surface area (Å²) in [7, 11) is 0. The summed E-state index contributed by atoms with van der Waals surface area (Å²) in [6.45, 7) is 1.94. The number of ketones is 1. The Kier molecular flexibility index (Phi) is 1.72. The second-order valence-corrected chi connectivity index (χ2v) is 3.56. The fraction of sp³-hybridized carbons (Fsp3) is 0.444. The molecule has 2 nitrogen and oxygen atoms in total. The first-order valence-electron chi connectivity index (χ1n) is 4.01. The van der Waals surface area contributed by atoms with Gasteiger partial charge in [0.05, 0.1) is 5.56 Å². The van der Waals surface area contributed by atoms with E-state index in [0.717, 1.165) is 18.6 Å². The number of hydrogen-bond donors (Lipinski definition) is 0. The van der Waals surface area contributed by atoms with Crippen LogP contribution in [0.4, 0.5) is 0 Å². The van der Waals surface area contributed by atoms with Crippen LogP contribution in [0.25, 0.3) is 0 Å². The first kappa shape index (κ1) is 7.87. The van der Waals surface area contributed by atoms with E-state index in [4.69, 9.17) is 16.0 Å². The number of hydrogen-bond acceptors (Lipinski definition) is 2. The minimum atomic E-state index is 0.117. The van der Waals surface area contributed by atoms with Crippen LogP contribution in [0.2, 0.25) is 5.22 Å². The third kappa shape index (κ3) is 1.07. The van der Waals surface area contributed by atoms with Crippen LogP contribution in [0.5, 0.6) is 0 Å². The van der Waals surface area contributed by atoms with Crippen molar-refractivity contribution in [2.24, 2.45) is 5.92 Å². The van der Waals surface area contributed by atoms with E-state index in [-0.39, 0.29) is 11.7 Å².